The van der Waals surface area contributed by atoms with Crippen molar-refractivity contribution in [2.75, 3.05) is 7.05 Å². The third-order valence-corrected chi connectivity index (χ3v) is 3.69. The maximum absolute atomic E-state index is 3.46. The fraction of sp³-hybridized carbons (Fsp3) is 1.00. The first-order valence-corrected chi connectivity index (χ1v) is 6.73. The molecule has 1 nitrogen and oxygen atoms in total. The van der Waals surface area contributed by atoms with Gasteiger partial charge in [-0.3, -0.25) is 0 Å². The van der Waals surface area contributed by atoms with Gasteiger partial charge in [-0.25, -0.2) is 0 Å². The summed E-state index contributed by atoms with van der Waals surface area (Å²) in [5.74, 6) is 0. The first kappa shape index (κ1) is 15.0. The topological polar surface area (TPSA) is 12.0 Å². The molecule has 0 spiro atoms. The van der Waals surface area contributed by atoms with E-state index in [-0.39, 0.29) is 0 Å². The Hall–Kier alpha value is -0.0400. The van der Waals surface area contributed by atoms with Crippen molar-refractivity contribution in [1.82, 2.24) is 5.32 Å². The second-order valence-electron chi connectivity index (χ2n) is 5.54. The minimum atomic E-state index is 0.528. The van der Waals surface area contributed by atoms with E-state index in [1.807, 2.05) is 0 Å². The van der Waals surface area contributed by atoms with E-state index in [1.165, 1.54) is 44.9 Å². The molecule has 0 aromatic heterocycles. The van der Waals surface area contributed by atoms with Crippen LogP contribution in [0.25, 0.3) is 0 Å². The van der Waals surface area contributed by atoms with Crippen molar-refractivity contribution in [2.45, 2.75) is 78.7 Å². The molecule has 92 valence electrons. The van der Waals surface area contributed by atoms with Gasteiger partial charge in [0.15, 0.2) is 0 Å². The van der Waals surface area contributed by atoms with Gasteiger partial charge >= 0.3 is 0 Å². The summed E-state index contributed by atoms with van der Waals surface area (Å²) in [6.07, 6.45) is 9.42. The van der Waals surface area contributed by atoms with Crippen LogP contribution in [0.15, 0.2) is 0 Å². The average Bonchev–Trinajstić information content (AvgIpc) is 2.23. The van der Waals surface area contributed by atoms with Crippen molar-refractivity contribution in [1.29, 1.82) is 0 Å². The van der Waals surface area contributed by atoms with Crippen LogP contribution in [-0.4, -0.2) is 13.1 Å². The summed E-state index contributed by atoms with van der Waals surface area (Å²) in [5, 5.41) is 3.46. The largest absolute Gasteiger partial charge is 0.317 e. The third-order valence-electron chi connectivity index (χ3n) is 3.69. The van der Waals surface area contributed by atoms with Crippen LogP contribution in [0.1, 0.15) is 72.6 Å². The van der Waals surface area contributed by atoms with E-state index in [4.69, 9.17) is 0 Å². The summed E-state index contributed by atoms with van der Waals surface area (Å²) in [6.45, 7) is 9.33. The predicted molar refractivity (Wildman–Crippen MR) is 70.3 cm³/mol. The molecule has 1 atom stereocenters. The summed E-state index contributed by atoms with van der Waals surface area (Å²) in [5.41, 5.74) is 0.528. The van der Waals surface area contributed by atoms with E-state index >= 15 is 0 Å². The molecule has 1 heteroatoms. The lowest BCUT2D eigenvalue weighted by Crippen LogP contribution is -2.27. The van der Waals surface area contributed by atoms with Gasteiger partial charge in [-0.05, 0) is 31.7 Å². The highest BCUT2D eigenvalue weighted by atomic mass is 14.9. The highest BCUT2D eigenvalue weighted by Crippen LogP contribution is 2.27. The van der Waals surface area contributed by atoms with Crippen LogP contribution in [0, 0.1) is 5.41 Å². The van der Waals surface area contributed by atoms with Crippen molar-refractivity contribution >= 4 is 0 Å². The second-order valence-corrected chi connectivity index (χ2v) is 5.54. The number of rotatable bonds is 9. The molecule has 0 saturated carbocycles. The van der Waals surface area contributed by atoms with Crippen molar-refractivity contribution in [3.8, 4) is 0 Å². The van der Waals surface area contributed by atoms with Crippen LogP contribution >= 0.6 is 0 Å². The standard InChI is InChI=1S/C14H31N/c1-6-8-9-10-13(15-5)11-12-14(3,4)7-2/h13,15H,6-12H2,1-5H3. The molecule has 0 aliphatic rings. The molecule has 0 radical (unpaired) electrons. The normalized spacial score (nSPS) is 14.2. The first-order chi connectivity index (χ1) is 7.05. The van der Waals surface area contributed by atoms with Gasteiger partial charge in [-0.15, -0.1) is 0 Å². The van der Waals surface area contributed by atoms with Gasteiger partial charge in [0.05, 0.1) is 0 Å². The molecule has 0 aliphatic carbocycles. The zero-order chi connectivity index (χ0) is 11.7. The van der Waals surface area contributed by atoms with Crippen LogP contribution < -0.4 is 5.32 Å². The Kier molecular flexibility index (Phi) is 8.13. The SMILES string of the molecule is CCCCCC(CCC(C)(C)CC)NC. The lowest BCUT2D eigenvalue weighted by atomic mass is 9.83. The maximum atomic E-state index is 3.46. The summed E-state index contributed by atoms with van der Waals surface area (Å²) < 4.78 is 0. The molecule has 15 heavy (non-hydrogen) atoms. The Bertz CT molecular complexity index is 140. The zero-order valence-electron chi connectivity index (χ0n) is 11.5. The quantitative estimate of drug-likeness (QED) is 0.561. The lowest BCUT2D eigenvalue weighted by Gasteiger charge is -2.25. The minimum absolute atomic E-state index is 0.528. The monoisotopic (exact) mass is 213 g/mol. The van der Waals surface area contributed by atoms with E-state index < -0.39 is 0 Å². The highest BCUT2D eigenvalue weighted by Gasteiger charge is 2.17. The average molecular weight is 213 g/mol. The smallest absolute Gasteiger partial charge is 0.00642 e. The molecule has 0 aromatic carbocycles. The molecule has 0 aliphatic heterocycles. The Morgan fingerprint density at radius 2 is 1.73 bits per heavy atom. The Labute approximate surface area is 97.0 Å². The van der Waals surface area contributed by atoms with Crippen molar-refractivity contribution in [3.05, 3.63) is 0 Å². The van der Waals surface area contributed by atoms with Gasteiger partial charge in [0.25, 0.3) is 0 Å². The Balaban J connectivity index is 3.69. The molecular formula is C14H31N. The van der Waals surface area contributed by atoms with Gasteiger partial charge in [0.1, 0.15) is 0 Å². The molecule has 0 bridgehead atoms. The van der Waals surface area contributed by atoms with Crippen LogP contribution in [-0.2, 0) is 0 Å². The minimum Gasteiger partial charge on any atom is -0.317 e. The molecule has 0 fully saturated rings. The van der Waals surface area contributed by atoms with Gasteiger partial charge in [0.2, 0.25) is 0 Å². The summed E-state index contributed by atoms with van der Waals surface area (Å²) >= 11 is 0. The van der Waals surface area contributed by atoms with Gasteiger partial charge < -0.3 is 5.32 Å². The van der Waals surface area contributed by atoms with E-state index in [0.717, 1.165) is 6.04 Å². The van der Waals surface area contributed by atoms with Crippen LogP contribution in [0.3, 0.4) is 0 Å². The number of unbranched alkanes of at least 4 members (excludes halogenated alkanes) is 2. The fourth-order valence-corrected chi connectivity index (χ4v) is 1.82. The zero-order valence-corrected chi connectivity index (χ0v) is 11.5. The van der Waals surface area contributed by atoms with E-state index in [2.05, 4.69) is 40.1 Å². The summed E-state index contributed by atoms with van der Waals surface area (Å²) in [4.78, 5) is 0. The van der Waals surface area contributed by atoms with E-state index in [1.54, 1.807) is 0 Å². The summed E-state index contributed by atoms with van der Waals surface area (Å²) in [7, 11) is 2.11. The molecule has 0 heterocycles. The van der Waals surface area contributed by atoms with Crippen LogP contribution in [0.4, 0.5) is 0 Å². The number of hydrogen-bond acceptors (Lipinski definition) is 1. The molecule has 1 unspecified atom stereocenters. The number of nitrogens with one attached hydrogen (secondary N) is 1. The lowest BCUT2D eigenvalue weighted by molar-refractivity contribution is 0.287. The first-order valence-electron chi connectivity index (χ1n) is 6.73. The van der Waals surface area contributed by atoms with E-state index in [9.17, 15) is 0 Å². The molecule has 0 rings (SSSR count). The van der Waals surface area contributed by atoms with Crippen molar-refractivity contribution < 1.29 is 0 Å². The van der Waals surface area contributed by atoms with E-state index in [0.29, 0.717) is 5.41 Å². The fourth-order valence-electron chi connectivity index (χ4n) is 1.82. The predicted octanol–water partition coefficient (Wildman–Crippen LogP) is 4.37. The second kappa shape index (κ2) is 8.15. The molecule has 0 saturated heterocycles. The highest BCUT2D eigenvalue weighted by molar-refractivity contribution is 4.72. The van der Waals surface area contributed by atoms with Crippen molar-refractivity contribution in [3.63, 3.8) is 0 Å². The van der Waals surface area contributed by atoms with Crippen LogP contribution in [0.2, 0.25) is 0 Å². The van der Waals surface area contributed by atoms with Gasteiger partial charge in [0, 0.05) is 6.04 Å². The van der Waals surface area contributed by atoms with Gasteiger partial charge in [-0.2, -0.15) is 0 Å². The Morgan fingerprint density at radius 3 is 2.20 bits per heavy atom. The van der Waals surface area contributed by atoms with Crippen LogP contribution in [0.5, 0.6) is 0 Å². The third kappa shape index (κ3) is 7.84. The molecule has 0 aromatic rings. The number of hydrogen-bond donors (Lipinski definition) is 1. The molecule has 0 amide bonds. The van der Waals surface area contributed by atoms with Crippen molar-refractivity contribution in [2.24, 2.45) is 5.41 Å². The Morgan fingerprint density at radius 1 is 1.07 bits per heavy atom. The molecular weight excluding hydrogens is 182 g/mol. The van der Waals surface area contributed by atoms with Gasteiger partial charge in [-0.1, -0.05) is 53.4 Å². The molecule has 1 N–H and O–H groups in total. The summed E-state index contributed by atoms with van der Waals surface area (Å²) in [6, 6.07) is 0.738. The maximum Gasteiger partial charge on any atom is 0.00642 e.